The minimum atomic E-state index is 0. The Morgan fingerprint density at radius 1 is 0.846 bits per heavy atom. The third-order valence-electron chi connectivity index (χ3n) is 0.996. The van der Waals surface area contributed by atoms with E-state index in [0.29, 0.717) is 12.8 Å². The smallest absolute Gasteiger partial charge is 1.00 e. The Morgan fingerprint density at radius 3 is 0.923 bits per heavy atom. The molecule has 0 aromatic rings. The molecule has 0 unspecified atom stereocenters. The van der Waals surface area contributed by atoms with Crippen LogP contribution in [0, 0.1) is 0 Å². The van der Waals surface area contributed by atoms with E-state index >= 15 is 0 Å². The third kappa shape index (κ3) is 65.6. The molecular formula is C8H16Cl2O2Sn. The van der Waals surface area contributed by atoms with E-state index in [1.54, 1.807) is 13.8 Å². The fraction of sp³-hybridized carbons (Fsp3) is 0.750. The van der Waals surface area contributed by atoms with Gasteiger partial charge >= 0.3 is 23.9 Å². The zero-order valence-corrected chi connectivity index (χ0v) is 12.9. The van der Waals surface area contributed by atoms with E-state index in [4.69, 9.17) is 0 Å². The molecule has 0 rings (SSSR count). The van der Waals surface area contributed by atoms with Crippen LogP contribution in [0.4, 0.5) is 0 Å². The first kappa shape index (κ1) is 29.2. The van der Waals surface area contributed by atoms with E-state index < -0.39 is 0 Å². The van der Waals surface area contributed by atoms with Crippen molar-refractivity contribution in [3.63, 3.8) is 0 Å². The van der Waals surface area contributed by atoms with Crippen LogP contribution in [0.3, 0.4) is 0 Å². The van der Waals surface area contributed by atoms with E-state index in [0.717, 1.165) is 0 Å². The van der Waals surface area contributed by atoms with Crippen molar-refractivity contribution >= 4 is 35.5 Å². The number of rotatable bonds is 2. The van der Waals surface area contributed by atoms with Gasteiger partial charge in [0.25, 0.3) is 0 Å². The minimum Gasteiger partial charge on any atom is -1.00 e. The second kappa shape index (κ2) is 23.0. The van der Waals surface area contributed by atoms with Gasteiger partial charge in [0.1, 0.15) is 11.6 Å². The molecule has 0 aliphatic rings. The topological polar surface area (TPSA) is 34.1 Å². The fourth-order valence-corrected chi connectivity index (χ4v) is 0. The van der Waals surface area contributed by atoms with Gasteiger partial charge in [0.15, 0.2) is 0 Å². The number of carbonyl (C=O) groups excluding carboxylic acids is 2. The van der Waals surface area contributed by atoms with E-state index in [9.17, 15) is 9.59 Å². The summed E-state index contributed by atoms with van der Waals surface area (Å²) in [5, 5.41) is 0. The van der Waals surface area contributed by atoms with Gasteiger partial charge in [0, 0.05) is 12.8 Å². The van der Waals surface area contributed by atoms with Crippen molar-refractivity contribution in [3.8, 4) is 0 Å². The number of hydrogen-bond acceptors (Lipinski definition) is 2. The molecule has 0 amide bonds. The van der Waals surface area contributed by atoms with Crippen molar-refractivity contribution in [2.75, 3.05) is 0 Å². The number of ketones is 2. The summed E-state index contributed by atoms with van der Waals surface area (Å²) >= 11 is 0. The molecule has 0 bridgehead atoms. The number of carbonyl (C=O) groups is 2. The van der Waals surface area contributed by atoms with Gasteiger partial charge in [-0.15, -0.1) is 0 Å². The molecule has 0 aromatic carbocycles. The van der Waals surface area contributed by atoms with Crippen molar-refractivity contribution < 1.29 is 34.4 Å². The van der Waals surface area contributed by atoms with Gasteiger partial charge in [-0.05, 0) is 13.8 Å². The summed E-state index contributed by atoms with van der Waals surface area (Å²) in [4.78, 5) is 19.6. The Kier molecular flexibility index (Phi) is 51.6. The molecule has 2 nitrogen and oxygen atoms in total. The Bertz CT molecular complexity index is 105. The second-order valence-corrected chi connectivity index (χ2v) is 2.11. The first-order valence-corrected chi connectivity index (χ1v) is 3.53. The molecule has 0 fully saturated rings. The summed E-state index contributed by atoms with van der Waals surface area (Å²) in [5.41, 5.74) is 0. The van der Waals surface area contributed by atoms with Gasteiger partial charge in [-0.2, -0.15) is 0 Å². The molecule has 78 valence electrons. The Labute approximate surface area is 110 Å². The zero-order chi connectivity index (χ0) is 8.57. The molecule has 0 aromatic heterocycles. The normalized spacial score (nSPS) is 5.85. The van der Waals surface area contributed by atoms with Crippen LogP contribution in [0.5, 0.6) is 0 Å². The fourth-order valence-electron chi connectivity index (χ4n) is 0. The van der Waals surface area contributed by atoms with Gasteiger partial charge < -0.3 is 34.4 Å². The van der Waals surface area contributed by atoms with Crippen molar-refractivity contribution in [3.05, 3.63) is 0 Å². The average Bonchev–Trinajstić information content (AvgIpc) is 1.89. The van der Waals surface area contributed by atoms with Crippen molar-refractivity contribution in [2.45, 2.75) is 40.5 Å². The third-order valence-corrected chi connectivity index (χ3v) is 0.996. The SMILES string of the molecule is CCC(C)=O.CCC(C)=O.[Cl-].[Cl-].[Sn+2]. The predicted molar refractivity (Wildman–Crippen MR) is 47.7 cm³/mol. The first-order valence-electron chi connectivity index (χ1n) is 3.53. The molecule has 0 N–H and O–H groups in total. The van der Waals surface area contributed by atoms with Crippen molar-refractivity contribution in [1.29, 1.82) is 0 Å². The zero-order valence-electron chi connectivity index (χ0n) is 8.49. The van der Waals surface area contributed by atoms with Crippen LogP contribution in [-0.2, 0) is 9.59 Å². The van der Waals surface area contributed by atoms with Gasteiger partial charge in [-0.25, -0.2) is 0 Å². The van der Waals surface area contributed by atoms with Crippen molar-refractivity contribution in [1.82, 2.24) is 0 Å². The summed E-state index contributed by atoms with van der Waals surface area (Å²) in [7, 11) is 0. The maximum Gasteiger partial charge on any atom is 2.00 e. The predicted octanol–water partition coefficient (Wildman–Crippen LogP) is -4.40. The second-order valence-electron chi connectivity index (χ2n) is 2.11. The minimum absolute atomic E-state index is 0. The van der Waals surface area contributed by atoms with Gasteiger partial charge in [0.05, 0.1) is 0 Å². The van der Waals surface area contributed by atoms with E-state index in [-0.39, 0.29) is 60.3 Å². The molecule has 0 aliphatic heterocycles. The average molecular weight is 334 g/mol. The maximum absolute atomic E-state index is 9.81. The first-order chi connectivity index (χ1) is 4.54. The molecule has 0 atom stereocenters. The number of halogens is 2. The Balaban J connectivity index is -0.0000000267. The van der Waals surface area contributed by atoms with Crippen LogP contribution in [0.2, 0.25) is 0 Å². The van der Waals surface area contributed by atoms with Crippen LogP contribution in [-0.4, -0.2) is 35.5 Å². The van der Waals surface area contributed by atoms with Gasteiger partial charge in [-0.3, -0.25) is 0 Å². The summed E-state index contributed by atoms with van der Waals surface area (Å²) in [6.45, 7) is 6.87. The summed E-state index contributed by atoms with van der Waals surface area (Å²) in [6.07, 6.45) is 1.33. The quantitative estimate of drug-likeness (QED) is 0.478. The van der Waals surface area contributed by atoms with Crippen LogP contribution in [0.1, 0.15) is 40.5 Å². The van der Waals surface area contributed by atoms with E-state index in [2.05, 4.69) is 0 Å². The Hall–Kier alpha value is 0.719. The van der Waals surface area contributed by atoms with Gasteiger partial charge in [-0.1, -0.05) is 13.8 Å². The van der Waals surface area contributed by atoms with E-state index in [1.807, 2.05) is 13.8 Å². The number of hydrogen-bond donors (Lipinski definition) is 0. The molecule has 0 saturated carbocycles. The van der Waals surface area contributed by atoms with E-state index in [1.165, 1.54) is 0 Å². The van der Waals surface area contributed by atoms with Crippen molar-refractivity contribution in [2.24, 2.45) is 0 Å². The summed E-state index contributed by atoms with van der Waals surface area (Å²) in [6, 6.07) is 0. The molecule has 2 radical (unpaired) electrons. The molecular weight excluding hydrogens is 318 g/mol. The van der Waals surface area contributed by atoms with Crippen LogP contribution >= 0.6 is 0 Å². The molecule has 13 heavy (non-hydrogen) atoms. The molecule has 0 spiro atoms. The molecule has 0 heterocycles. The van der Waals surface area contributed by atoms with Crippen LogP contribution in [0.15, 0.2) is 0 Å². The largest absolute Gasteiger partial charge is 2.00 e. The molecule has 0 saturated heterocycles. The monoisotopic (exact) mass is 334 g/mol. The van der Waals surface area contributed by atoms with Crippen LogP contribution in [0.25, 0.3) is 0 Å². The molecule has 5 heteroatoms. The van der Waals surface area contributed by atoms with Gasteiger partial charge in [0.2, 0.25) is 0 Å². The Morgan fingerprint density at radius 2 is 0.923 bits per heavy atom. The number of Topliss-reactive ketones (excluding diaryl/α,β-unsaturated/α-hetero) is 2. The maximum atomic E-state index is 9.81. The standard InChI is InChI=1S/2C4H8O.2ClH.Sn/c2*1-3-4(2)5;;;/h2*3H2,1-2H3;2*1H;/q;;;;+2/p-2. The summed E-state index contributed by atoms with van der Waals surface area (Å²) < 4.78 is 0. The van der Waals surface area contributed by atoms with Crippen LogP contribution < -0.4 is 24.8 Å². The molecule has 0 aliphatic carbocycles. The summed E-state index contributed by atoms with van der Waals surface area (Å²) in [5.74, 6) is 0.509.